The molecule has 9 heteroatoms. The number of fused-ring (bicyclic) bond motifs is 1. The second-order valence-corrected chi connectivity index (χ2v) is 7.44. The number of imidazole rings is 1. The standard InChI is InChI=1S/C21H22N6O3/c1-14-22-8-10-27(14)20-7-6-19(24-25-20)26-9-2-3-15(12-26)21(28)23-16-4-5-17-18(11-16)30-13-29-17/h4-8,10-11,15H,2-3,9,12-13H2,1H3,(H,23,28). The molecule has 1 amide bonds. The zero-order valence-electron chi connectivity index (χ0n) is 16.6. The number of aryl methyl sites for hydroxylation is 1. The van der Waals surface area contributed by atoms with Gasteiger partial charge >= 0.3 is 0 Å². The Bertz CT molecular complexity index is 1060. The summed E-state index contributed by atoms with van der Waals surface area (Å²) in [6.45, 7) is 3.59. The molecule has 0 aliphatic carbocycles. The lowest BCUT2D eigenvalue weighted by atomic mass is 9.97. The summed E-state index contributed by atoms with van der Waals surface area (Å²) in [5, 5.41) is 11.7. The lowest BCUT2D eigenvalue weighted by molar-refractivity contribution is -0.120. The Morgan fingerprint density at radius 3 is 2.77 bits per heavy atom. The van der Waals surface area contributed by atoms with Crippen molar-refractivity contribution in [2.75, 3.05) is 30.1 Å². The number of ether oxygens (including phenoxy) is 2. The summed E-state index contributed by atoms with van der Waals surface area (Å²) in [5.41, 5.74) is 0.709. The van der Waals surface area contributed by atoms with Crippen molar-refractivity contribution in [3.63, 3.8) is 0 Å². The third-order valence-corrected chi connectivity index (χ3v) is 5.47. The van der Waals surface area contributed by atoms with E-state index in [1.165, 1.54) is 0 Å². The minimum absolute atomic E-state index is 0.00261. The highest BCUT2D eigenvalue weighted by Gasteiger charge is 2.27. The van der Waals surface area contributed by atoms with Gasteiger partial charge in [-0.2, -0.15) is 0 Å². The number of hydrogen-bond donors (Lipinski definition) is 1. The fraction of sp³-hybridized carbons (Fsp3) is 0.333. The van der Waals surface area contributed by atoms with Gasteiger partial charge in [0.2, 0.25) is 12.7 Å². The van der Waals surface area contributed by atoms with Crippen LogP contribution < -0.4 is 19.7 Å². The lowest BCUT2D eigenvalue weighted by Crippen LogP contribution is -2.41. The van der Waals surface area contributed by atoms with Gasteiger partial charge in [0.05, 0.1) is 5.92 Å². The Balaban J connectivity index is 1.25. The molecule has 9 nitrogen and oxygen atoms in total. The summed E-state index contributed by atoms with van der Waals surface area (Å²) in [6, 6.07) is 9.30. The molecule has 0 saturated carbocycles. The van der Waals surface area contributed by atoms with E-state index >= 15 is 0 Å². The minimum atomic E-state index is -0.124. The molecule has 1 atom stereocenters. The molecule has 1 N–H and O–H groups in total. The molecule has 0 radical (unpaired) electrons. The van der Waals surface area contributed by atoms with Gasteiger partial charge in [0, 0.05) is 37.2 Å². The maximum absolute atomic E-state index is 12.8. The number of benzene rings is 1. The van der Waals surface area contributed by atoms with Crippen LogP contribution in [0.4, 0.5) is 11.5 Å². The van der Waals surface area contributed by atoms with E-state index in [0.717, 1.165) is 36.8 Å². The number of piperidine rings is 1. The molecule has 0 spiro atoms. The molecule has 4 heterocycles. The zero-order valence-corrected chi connectivity index (χ0v) is 16.6. The van der Waals surface area contributed by atoms with Crippen molar-refractivity contribution in [1.82, 2.24) is 19.7 Å². The first-order valence-corrected chi connectivity index (χ1v) is 9.97. The molecular formula is C21H22N6O3. The maximum Gasteiger partial charge on any atom is 0.231 e. The van der Waals surface area contributed by atoms with Gasteiger partial charge in [0.15, 0.2) is 23.1 Å². The van der Waals surface area contributed by atoms with Crippen LogP contribution in [0.3, 0.4) is 0 Å². The summed E-state index contributed by atoms with van der Waals surface area (Å²) < 4.78 is 12.6. The fourth-order valence-electron chi connectivity index (χ4n) is 3.85. The highest BCUT2D eigenvalue weighted by atomic mass is 16.7. The van der Waals surface area contributed by atoms with E-state index < -0.39 is 0 Å². The van der Waals surface area contributed by atoms with E-state index in [0.29, 0.717) is 23.7 Å². The Labute approximate surface area is 173 Å². The van der Waals surface area contributed by atoms with Crippen LogP contribution in [0.5, 0.6) is 11.5 Å². The van der Waals surface area contributed by atoms with Gasteiger partial charge in [-0.15, -0.1) is 10.2 Å². The van der Waals surface area contributed by atoms with E-state index in [1.54, 1.807) is 12.3 Å². The monoisotopic (exact) mass is 406 g/mol. The lowest BCUT2D eigenvalue weighted by Gasteiger charge is -2.32. The molecule has 30 heavy (non-hydrogen) atoms. The predicted molar refractivity (Wildman–Crippen MR) is 110 cm³/mol. The summed E-state index contributed by atoms with van der Waals surface area (Å²) >= 11 is 0. The fourth-order valence-corrected chi connectivity index (χ4v) is 3.85. The minimum Gasteiger partial charge on any atom is -0.454 e. The molecule has 2 aromatic heterocycles. The quantitative estimate of drug-likeness (QED) is 0.711. The molecule has 0 bridgehead atoms. The number of carbonyl (C=O) groups is 1. The summed E-state index contributed by atoms with van der Waals surface area (Å²) in [5.74, 6) is 3.58. The van der Waals surface area contributed by atoms with E-state index in [4.69, 9.17) is 9.47 Å². The van der Waals surface area contributed by atoms with Crippen LogP contribution in [-0.4, -0.2) is 45.5 Å². The summed E-state index contributed by atoms with van der Waals surface area (Å²) in [4.78, 5) is 19.2. The van der Waals surface area contributed by atoms with Gasteiger partial charge in [-0.1, -0.05) is 0 Å². The third kappa shape index (κ3) is 3.54. The highest BCUT2D eigenvalue weighted by molar-refractivity contribution is 5.93. The highest BCUT2D eigenvalue weighted by Crippen LogP contribution is 2.34. The molecule has 5 rings (SSSR count). The first-order valence-electron chi connectivity index (χ1n) is 9.97. The maximum atomic E-state index is 12.8. The molecule has 1 unspecified atom stereocenters. The number of amides is 1. The summed E-state index contributed by atoms with van der Waals surface area (Å²) in [7, 11) is 0. The number of nitrogens with zero attached hydrogens (tertiary/aromatic N) is 5. The Hall–Kier alpha value is -3.62. The Kier molecular flexibility index (Phi) is 4.70. The third-order valence-electron chi connectivity index (χ3n) is 5.47. The SMILES string of the molecule is Cc1nccn1-c1ccc(N2CCCC(C(=O)Nc3ccc4c(c3)OCO4)C2)nn1. The average Bonchev–Trinajstić information content (AvgIpc) is 3.42. The Morgan fingerprint density at radius 2 is 1.97 bits per heavy atom. The molecular weight excluding hydrogens is 384 g/mol. The molecule has 1 fully saturated rings. The smallest absolute Gasteiger partial charge is 0.231 e. The molecule has 1 aromatic carbocycles. The largest absolute Gasteiger partial charge is 0.454 e. The molecule has 2 aliphatic rings. The van der Waals surface area contributed by atoms with E-state index in [-0.39, 0.29) is 18.6 Å². The van der Waals surface area contributed by atoms with Gasteiger partial charge in [0.1, 0.15) is 5.82 Å². The van der Waals surface area contributed by atoms with E-state index in [2.05, 4.69) is 25.4 Å². The number of rotatable bonds is 4. The van der Waals surface area contributed by atoms with Crippen molar-refractivity contribution in [3.05, 3.63) is 48.5 Å². The molecule has 2 aliphatic heterocycles. The van der Waals surface area contributed by atoms with E-state index in [9.17, 15) is 4.79 Å². The van der Waals surface area contributed by atoms with Crippen LogP contribution in [0, 0.1) is 12.8 Å². The van der Waals surface area contributed by atoms with Crippen molar-refractivity contribution in [2.24, 2.45) is 5.92 Å². The second-order valence-electron chi connectivity index (χ2n) is 7.44. The molecule has 1 saturated heterocycles. The predicted octanol–water partition coefficient (Wildman–Crippen LogP) is 2.55. The van der Waals surface area contributed by atoms with Crippen molar-refractivity contribution >= 4 is 17.4 Å². The van der Waals surface area contributed by atoms with Crippen LogP contribution in [0.1, 0.15) is 18.7 Å². The number of hydrogen-bond acceptors (Lipinski definition) is 7. The topological polar surface area (TPSA) is 94.4 Å². The molecule has 154 valence electrons. The number of nitrogens with one attached hydrogen (secondary N) is 1. The van der Waals surface area contributed by atoms with Crippen LogP contribution in [0.15, 0.2) is 42.7 Å². The zero-order chi connectivity index (χ0) is 20.5. The van der Waals surface area contributed by atoms with Crippen LogP contribution >= 0.6 is 0 Å². The van der Waals surface area contributed by atoms with Crippen molar-refractivity contribution in [3.8, 4) is 17.3 Å². The number of aromatic nitrogens is 4. The Morgan fingerprint density at radius 1 is 1.13 bits per heavy atom. The van der Waals surface area contributed by atoms with E-state index in [1.807, 2.05) is 42.0 Å². The number of anilines is 2. The van der Waals surface area contributed by atoms with Gasteiger partial charge in [0.25, 0.3) is 0 Å². The summed E-state index contributed by atoms with van der Waals surface area (Å²) in [6.07, 6.45) is 5.35. The van der Waals surface area contributed by atoms with Crippen LogP contribution in [0.2, 0.25) is 0 Å². The van der Waals surface area contributed by atoms with Gasteiger partial charge in [-0.3, -0.25) is 9.36 Å². The van der Waals surface area contributed by atoms with Crippen LogP contribution in [0.25, 0.3) is 5.82 Å². The van der Waals surface area contributed by atoms with Gasteiger partial charge in [-0.05, 0) is 44.0 Å². The average molecular weight is 406 g/mol. The normalized spacial score (nSPS) is 17.8. The van der Waals surface area contributed by atoms with Crippen molar-refractivity contribution < 1.29 is 14.3 Å². The second kappa shape index (κ2) is 7.66. The van der Waals surface area contributed by atoms with Crippen molar-refractivity contribution in [1.29, 1.82) is 0 Å². The van der Waals surface area contributed by atoms with Gasteiger partial charge < -0.3 is 19.7 Å². The van der Waals surface area contributed by atoms with Crippen LogP contribution in [-0.2, 0) is 4.79 Å². The first-order chi connectivity index (χ1) is 14.7. The first kappa shape index (κ1) is 18.4. The van der Waals surface area contributed by atoms with Crippen molar-refractivity contribution in [2.45, 2.75) is 19.8 Å². The molecule has 3 aromatic rings. The number of carbonyl (C=O) groups excluding carboxylic acids is 1. The van der Waals surface area contributed by atoms with Gasteiger partial charge in [-0.25, -0.2) is 4.98 Å².